The first-order valence-electron chi connectivity index (χ1n) is 10.7. The number of ether oxygens (including phenoxy) is 5. The molecule has 10 nitrogen and oxygen atoms in total. The summed E-state index contributed by atoms with van der Waals surface area (Å²) in [4.78, 5) is 0. The van der Waals surface area contributed by atoms with Crippen molar-refractivity contribution in [1.82, 2.24) is 0 Å². The highest BCUT2D eigenvalue weighted by molar-refractivity contribution is 7.99. The van der Waals surface area contributed by atoms with E-state index in [0.717, 1.165) is 5.56 Å². The third-order valence-electron chi connectivity index (χ3n) is 5.85. The molecule has 180 valence electrons. The van der Waals surface area contributed by atoms with E-state index in [9.17, 15) is 25.5 Å². The lowest BCUT2D eigenvalue weighted by Crippen LogP contribution is -2.65. The van der Waals surface area contributed by atoms with E-state index in [1.807, 2.05) is 37.3 Å². The molecule has 5 N–H and O–H groups in total. The molecule has 11 heteroatoms. The Kier molecular flexibility index (Phi) is 8.06. The first kappa shape index (κ1) is 24.3. The summed E-state index contributed by atoms with van der Waals surface area (Å²) in [7, 11) is 0. The molecule has 3 saturated heterocycles. The quantitative estimate of drug-likeness (QED) is 0.350. The van der Waals surface area contributed by atoms with Gasteiger partial charge in [0.25, 0.3) is 0 Å². The van der Waals surface area contributed by atoms with E-state index in [2.05, 4.69) is 0 Å². The van der Waals surface area contributed by atoms with Gasteiger partial charge in [-0.05, 0) is 5.75 Å². The summed E-state index contributed by atoms with van der Waals surface area (Å²) in [5.74, 6) is 0.641. The zero-order chi connectivity index (χ0) is 22.8. The topological polar surface area (TPSA) is 147 Å². The number of hydrogen-bond acceptors (Lipinski definition) is 11. The number of benzene rings is 1. The van der Waals surface area contributed by atoms with Crippen LogP contribution in [-0.2, 0) is 23.7 Å². The fourth-order valence-corrected chi connectivity index (χ4v) is 5.06. The number of rotatable bonds is 6. The molecule has 1 unspecified atom stereocenters. The van der Waals surface area contributed by atoms with Gasteiger partial charge < -0.3 is 49.2 Å². The van der Waals surface area contributed by atoms with Gasteiger partial charge in [0, 0.05) is 5.56 Å². The highest BCUT2D eigenvalue weighted by Gasteiger charge is 2.52. The summed E-state index contributed by atoms with van der Waals surface area (Å²) in [6, 6.07) is 9.21. The van der Waals surface area contributed by atoms with Crippen molar-refractivity contribution in [3.63, 3.8) is 0 Å². The van der Waals surface area contributed by atoms with E-state index in [4.69, 9.17) is 23.7 Å². The van der Waals surface area contributed by atoms with Gasteiger partial charge in [-0.1, -0.05) is 37.3 Å². The van der Waals surface area contributed by atoms with Crippen molar-refractivity contribution in [2.75, 3.05) is 19.0 Å². The Hall–Kier alpha value is -0.830. The zero-order valence-corrected chi connectivity index (χ0v) is 18.4. The minimum Gasteiger partial charge on any atom is -0.394 e. The lowest BCUT2D eigenvalue weighted by atomic mass is 9.96. The minimum absolute atomic E-state index is 0.0822. The predicted molar refractivity (Wildman–Crippen MR) is 111 cm³/mol. The molecule has 3 aliphatic rings. The highest BCUT2D eigenvalue weighted by Crippen LogP contribution is 2.36. The van der Waals surface area contributed by atoms with Crippen molar-refractivity contribution in [3.8, 4) is 0 Å². The van der Waals surface area contributed by atoms with Crippen LogP contribution < -0.4 is 0 Å². The Balaban J connectivity index is 1.43. The largest absolute Gasteiger partial charge is 0.394 e. The molecule has 0 bridgehead atoms. The first-order valence-corrected chi connectivity index (χ1v) is 11.7. The van der Waals surface area contributed by atoms with Crippen molar-refractivity contribution in [2.24, 2.45) is 0 Å². The van der Waals surface area contributed by atoms with Gasteiger partial charge in [0.2, 0.25) is 0 Å². The number of fused-ring (bicyclic) bond motifs is 1. The van der Waals surface area contributed by atoms with Crippen LogP contribution in [0.15, 0.2) is 30.3 Å². The van der Waals surface area contributed by atoms with Gasteiger partial charge in [-0.3, -0.25) is 0 Å². The molecule has 0 spiro atoms. The number of aliphatic hydroxyl groups excluding tert-OH is 5. The predicted octanol–water partition coefficient (Wildman–Crippen LogP) is -0.875. The van der Waals surface area contributed by atoms with Crippen LogP contribution in [0.4, 0.5) is 0 Å². The summed E-state index contributed by atoms with van der Waals surface area (Å²) in [6.07, 6.45) is -11.3. The lowest BCUT2D eigenvalue weighted by molar-refractivity contribution is -0.377. The lowest BCUT2D eigenvalue weighted by Gasteiger charge is -2.48. The van der Waals surface area contributed by atoms with E-state index in [1.54, 1.807) is 0 Å². The highest BCUT2D eigenvalue weighted by atomic mass is 32.2. The van der Waals surface area contributed by atoms with Crippen LogP contribution in [0.5, 0.6) is 0 Å². The molecule has 3 aliphatic heterocycles. The smallest absolute Gasteiger partial charge is 0.187 e. The van der Waals surface area contributed by atoms with E-state index in [1.165, 1.54) is 11.8 Å². The third-order valence-corrected chi connectivity index (χ3v) is 6.90. The Morgan fingerprint density at radius 3 is 2.41 bits per heavy atom. The molecule has 0 saturated carbocycles. The number of thioether (sulfide) groups is 1. The summed E-state index contributed by atoms with van der Waals surface area (Å²) < 4.78 is 28.8. The van der Waals surface area contributed by atoms with Gasteiger partial charge in [-0.25, -0.2) is 0 Å². The Morgan fingerprint density at radius 1 is 0.969 bits per heavy atom. The molecular formula is C21H30O10S. The van der Waals surface area contributed by atoms with Crippen LogP contribution in [0.25, 0.3) is 0 Å². The Morgan fingerprint density at radius 2 is 1.72 bits per heavy atom. The maximum Gasteiger partial charge on any atom is 0.187 e. The van der Waals surface area contributed by atoms with Crippen LogP contribution >= 0.6 is 11.8 Å². The van der Waals surface area contributed by atoms with E-state index in [-0.39, 0.29) is 6.61 Å². The van der Waals surface area contributed by atoms with Crippen LogP contribution in [0.2, 0.25) is 0 Å². The minimum atomic E-state index is -1.50. The average molecular weight is 475 g/mol. The molecule has 4 rings (SSSR count). The zero-order valence-electron chi connectivity index (χ0n) is 17.5. The summed E-state index contributed by atoms with van der Waals surface area (Å²) in [5.41, 5.74) is 0.0435. The van der Waals surface area contributed by atoms with Crippen LogP contribution in [-0.4, -0.2) is 105 Å². The van der Waals surface area contributed by atoms with Gasteiger partial charge >= 0.3 is 0 Å². The molecule has 0 radical (unpaired) electrons. The fraction of sp³-hybridized carbons (Fsp3) is 0.714. The summed E-state index contributed by atoms with van der Waals surface area (Å²) in [6.45, 7) is 1.49. The standard InChI is InChI=1S/C21H30O10S/c1-2-32-21-16(26)14(24)17(11(8-22)29-21)31-20-15(25)13(23)18-12(28-20)9-27-19(30-18)10-6-4-3-5-7-10/h3-7,11-26H,2,8-9H2,1H3/t11-,12-,13-,14-,15-,16-,17-,18+,19?,20+,21+/m1/s1. The molecular weight excluding hydrogens is 444 g/mol. The molecule has 1 aromatic carbocycles. The summed E-state index contributed by atoms with van der Waals surface area (Å²) in [5, 5.41) is 52.0. The van der Waals surface area contributed by atoms with Crippen molar-refractivity contribution in [3.05, 3.63) is 35.9 Å². The fourth-order valence-electron chi connectivity index (χ4n) is 4.15. The van der Waals surface area contributed by atoms with Gasteiger partial charge in [-0.15, -0.1) is 11.8 Å². The number of hydrogen-bond donors (Lipinski definition) is 5. The molecule has 3 fully saturated rings. The van der Waals surface area contributed by atoms with Crippen molar-refractivity contribution < 1.29 is 49.2 Å². The van der Waals surface area contributed by atoms with Gasteiger partial charge in [0.1, 0.15) is 54.3 Å². The molecule has 0 aromatic heterocycles. The second-order valence-electron chi connectivity index (χ2n) is 7.96. The second-order valence-corrected chi connectivity index (χ2v) is 9.34. The molecule has 32 heavy (non-hydrogen) atoms. The Bertz CT molecular complexity index is 722. The number of aliphatic hydroxyl groups is 5. The maximum absolute atomic E-state index is 10.7. The first-order chi connectivity index (χ1) is 15.4. The van der Waals surface area contributed by atoms with Crippen LogP contribution in [0.1, 0.15) is 18.8 Å². The summed E-state index contributed by atoms with van der Waals surface area (Å²) >= 11 is 1.29. The van der Waals surface area contributed by atoms with Crippen molar-refractivity contribution >= 4 is 11.8 Å². The van der Waals surface area contributed by atoms with Crippen molar-refractivity contribution in [2.45, 2.75) is 73.8 Å². The molecule has 11 atom stereocenters. The maximum atomic E-state index is 10.7. The van der Waals surface area contributed by atoms with Crippen molar-refractivity contribution in [1.29, 1.82) is 0 Å². The average Bonchev–Trinajstić information content (AvgIpc) is 2.82. The molecule has 3 heterocycles. The van der Waals surface area contributed by atoms with Gasteiger partial charge in [0.05, 0.1) is 13.2 Å². The van der Waals surface area contributed by atoms with E-state index >= 15 is 0 Å². The van der Waals surface area contributed by atoms with E-state index < -0.39 is 73.5 Å². The van der Waals surface area contributed by atoms with Crippen LogP contribution in [0.3, 0.4) is 0 Å². The van der Waals surface area contributed by atoms with Gasteiger partial charge in [0.15, 0.2) is 12.6 Å². The Labute approximate surface area is 190 Å². The van der Waals surface area contributed by atoms with E-state index in [0.29, 0.717) is 5.75 Å². The molecule has 0 amide bonds. The van der Waals surface area contributed by atoms with Crippen LogP contribution in [0, 0.1) is 0 Å². The monoisotopic (exact) mass is 474 g/mol. The van der Waals surface area contributed by atoms with Gasteiger partial charge in [-0.2, -0.15) is 0 Å². The SMILES string of the molecule is CCS[C@@H]1O[C@H](CO)[C@@H](O[C@@H]2O[C@@H]3COC(c4ccccc4)O[C@@H]3[C@H](O)[C@H]2O)[C@H](O)[C@H]1O. The molecule has 0 aliphatic carbocycles. The normalized spacial score (nSPS) is 44.8. The third kappa shape index (κ3) is 4.84. The second kappa shape index (κ2) is 10.6. The molecule has 1 aromatic rings.